The fraction of sp³-hybridized carbons (Fsp3) is 0.385. The molecule has 0 unspecified atom stereocenters. The van der Waals surface area contributed by atoms with Crippen LogP contribution in [-0.2, 0) is 4.74 Å². The predicted octanol–water partition coefficient (Wildman–Crippen LogP) is 3.10. The van der Waals surface area contributed by atoms with Crippen LogP contribution in [0.15, 0.2) is 24.5 Å². The summed E-state index contributed by atoms with van der Waals surface area (Å²) in [7, 11) is 1.65. The first-order valence-electron chi connectivity index (χ1n) is 5.75. The van der Waals surface area contributed by atoms with E-state index in [1.54, 1.807) is 25.4 Å². The fourth-order valence-electron chi connectivity index (χ4n) is 1.28. The van der Waals surface area contributed by atoms with E-state index in [9.17, 15) is 4.79 Å². The molecule has 1 aromatic heterocycles. The standard InChI is InChI=1S/C13H18BrN3O2/c1-13(2,3)19-12(18)17(4)9-5-6-16-11(7-9)10(14)8-15/h5-8H,15H2,1-4H3. The van der Waals surface area contributed by atoms with Crippen LogP contribution in [0.5, 0.6) is 0 Å². The molecule has 0 aromatic carbocycles. The van der Waals surface area contributed by atoms with Crippen LogP contribution >= 0.6 is 15.9 Å². The molecule has 0 spiro atoms. The van der Waals surface area contributed by atoms with E-state index in [0.717, 1.165) is 0 Å². The molecule has 19 heavy (non-hydrogen) atoms. The maximum absolute atomic E-state index is 11.9. The zero-order chi connectivity index (χ0) is 14.6. The maximum atomic E-state index is 11.9. The summed E-state index contributed by atoms with van der Waals surface area (Å²) in [6.45, 7) is 5.47. The minimum Gasteiger partial charge on any atom is -0.443 e. The predicted molar refractivity (Wildman–Crippen MR) is 80.0 cm³/mol. The van der Waals surface area contributed by atoms with Gasteiger partial charge in [-0.25, -0.2) is 4.79 Å². The number of nitrogens with zero attached hydrogens (tertiary/aromatic N) is 2. The van der Waals surface area contributed by atoms with Crippen LogP contribution in [0.3, 0.4) is 0 Å². The van der Waals surface area contributed by atoms with Gasteiger partial charge in [-0.15, -0.1) is 0 Å². The molecule has 6 heteroatoms. The van der Waals surface area contributed by atoms with Crippen LogP contribution in [0.4, 0.5) is 10.5 Å². The summed E-state index contributed by atoms with van der Waals surface area (Å²) >= 11 is 3.29. The summed E-state index contributed by atoms with van der Waals surface area (Å²) in [5.74, 6) is 0. The average molecular weight is 328 g/mol. The Bertz CT molecular complexity index is 495. The quantitative estimate of drug-likeness (QED) is 0.906. The summed E-state index contributed by atoms with van der Waals surface area (Å²) < 4.78 is 5.96. The van der Waals surface area contributed by atoms with Gasteiger partial charge in [0.1, 0.15) is 5.60 Å². The SMILES string of the molecule is CN(C(=O)OC(C)(C)C)c1ccnc(C(Br)=CN)c1. The number of aromatic nitrogens is 1. The van der Waals surface area contributed by atoms with Gasteiger partial charge in [0.25, 0.3) is 0 Å². The molecule has 0 fully saturated rings. The molecule has 0 aliphatic rings. The lowest BCUT2D eigenvalue weighted by molar-refractivity contribution is 0.0589. The van der Waals surface area contributed by atoms with E-state index in [2.05, 4.69) is 20.9 Å². The first-order chi connectivity index (χ1) is 8.74. The molecular weight excluding hydrogens is 310 g/mol. The molecule has 0 aliphatic heterocycles. The molecule has 0 bridgehead atoms. The van der Waals surface area contributed by atoms with Gasteiger partial charge >= 0.3 is 6.09 Å². The van der Waals surface area contributed by atoms with Crippen molar-refractivity contribution >= 4 is 32.2 Å². The Balaban J connectivity index is 2.94. The highest BCUT2D eigenvalue weighted by molar-refractivity contribution is 9.15. The van der Waals surface area contributed by atoms with Crippen LogP contribution in [0.25, 0.3) is 4.48 Å². The van der Waals surface area contributed by atoms with Crippen molar-refractivity contribution in [2.24, 2.45) is 5.73 Å². The Hall–Kier alpha value is -1.56. The van der Waals surface area contributed by atoms with Crippen LogP contribution < -0.4 is 10.6 Å². The highest BCUT2D eigenvalue weighted by Gasteiger charge is 2.20. The molecule has 0 saturated heterocycles. The third-order valence-electron chi connectivity index (χ3n) is 2.19. The fourth-order valence-corrected chi connectivity index (χ4v) is 1.50. The second kappa shape index (κ2) is 6.06. The van der Waals surface area contributed by atoms with Gasteiger partial charge in [0.15, 0.2) is 0 Å². The number of hydrogen-bond acceptors (Lipinski definition) is 4. The highest BCUT2D eigenvalue weighted by Crippen LogP contribution is 2.23. The summed E-state index contributed by atoms with van der Waals surface area (Å²) in [4.78, 5) is 17.5. The van der Waals surface area contributed by atoms with Crippen molar-refractivity contribution in [3.63, 3.8) is 0 Å². The first-order valence-corrected chi connectivity index (χ1v) is 6.54. The molecule has 1 rings (SSSR count). The number of hydrogen-bond donors (Lipinski definition) is 1. The summed E-state index contributed by atoms with van der Waals surface area (Å²) in [5.41, 5.74) is 6.22. The van der Waals surface area contributed by atoms with Crippen molar-refractivity contribution in [1.29, 1.82) is 0 Å². The number of rotatable bonds is 2. The molecule has 0 aliphatic carbocycles. The van der Waals surface area contributed by atoms with E-state index in [0.29, 0.717) is 15.9 Å². The van der Waals surface area contributed by atoms with Crippen LogP contribution in [0.2, 0.25) is 0 Å². The van der Waals surface area contributed by atoms with Crippen molar-refractivity contribution in [3.05, 3.63) is 30.2 Å². The lowest BCUT2D eigenvalue weighted by atomic mass is 10.2. The molecule has 104 valence electrons. The highest BCUT2D eigenvalue weighted by atomic mass is 79.9. The van der Waals surface area contributed by atoms with Crippen LogP contribution in [0, 0.1) is 0 Å². The maximum Gasteiger partial charge on any atom is 0.414 e. The number of carbonyl (C=O) groups excluding carboxylic acids is 1. The Kier molecular flexibility index (Phi) is 4.94. The first kappa shape index (κ1) is 15.5. The van der Waals surface area contributed by atoms with E-state index >= 15 is 0 Å². The second-order valence-corrected chi connectivity index (χ2v) is 5.81. The molecular formula is C13H18BrN3O2. The normalized spacial score (nSPS) is 12.2. The van der Waals surface area contributed by atoms with Gasteiger partial charge in [-0.2, -0.15) is 0 Å². The molecule has 1 heterocycles. The minimum atomic E-state index is -0.529. The van der Waals surface area contributed by atoms with E-state index in [4.69, 9.17) is 10.5 Å². The molecule has 2 N–H and O–H groups in total. The van der Waals surface area contributed by atoms with Crippen molar-refractivity contribution in [1.82, 2.24) is 4.98 Å². The molecule has 1 amide bonds. The summed E-state index contributed by atoms with van der Waals surface area (Å²) in [6.07, 6.45) is 2.59. The number of amides is 1. The third kappa shape index (κ3) is 4.55. The number of ether oxygens (including phenoxy) is 1. The summed E-state index contributed by atoms with van der Waals surface area (Å²) in [5, 5.41) is 0. The number of nitrogens with two attached hydrogens (primary N) is 1. The van der Waals surface area contributed by atoms with Gasteiger partial charge < -0.3 is 10.5 Å². The smallest absolute Gasteiger partial charge is 0.414 e. The van der Waals surface area contributed by atoms with Gasteiger partial charge in [-0.05, 0) is 48.8 Å². The van der Waals surface area contributed by atoms with Crippen molar-refractivity contribution < 1.29 is 9.53 Å². The van der Waals surface area contributed by atoms with Gasteiger partial charge in [0, 0.05) is 19.4 Å². The topological polar surface area (TPSA) is 68.5 Å². The third-order valence-corrected chi connectivity index (χ3v) is 2.86. The molecule has 0 saturated carbocycles. The Labute approximate surface area is 121 Å². The molecule has 5 nitrogen and oxygen atoms in total. The number of carbonyl (C=O) groups is 1. The molecule has 1 aromatic rings. The van der Waals surface area contributed by atoms with E-state index < -0.39 is 11.7 Å². The van der Waals surface area contributed by atoms with E-state index in [1.807, 2.05) is 20.8 Å². The Morgan fingerprint density at radius 3 is 2.68 bits per heavy atom. The van der Waals surface area contributed by atoms with Gasteiger partial charge in [-0.3, -0.25) is 9.88 Å². The molecule has 0 radical (unpaired) electrons. The van der Waals surface area contributed by atoms with Crippen LogP contribution in [0.1, 0.15) is 26.5 Å². The second-order valence-electron chi connectivity index (χ2n) is 4.95. The Morgan fingerprint density at radius 1 is 1.53 bits per heavy atom. The van der Waals surface area contributed by atoms with Gasteiger partial charge in [0.2, 0.25) is 0 Å². The minimum absolute atomic E-state index is 0.419. The van der Waals surface area contributed by atoms with Gasteiger partial charge in [-0.1, -0.05) is 0 Å². The molecule has 0 atom stereocenters. The zero-order valence-corrected chi connectivity index (χ0v) is 13.1. The van der Waals surface area contributed by atoms with Crippen molar-refractivity contribution in [3.8, 4) is 0 Å². The average Bonchev–Trinajstić information content (AvgIpc) is 2.35. The van der Waals surface area contributed by atoms with E-state index in [1.165, 1.54) is 11.1 Å². The van der Waals surface area contributed by atoms with E-state index in [-0.39, 0.29) is 0 Å². The van der Waals surface area contributed by atoms with Gasteiger partial charge in [0.05, 0.1) is 15.9 Å². The van der Waals surface area contributed by atoms with Crippen LogP contribution in [-0.4, -0.2) is 23.7 Å². The number of anilines is 1. The lowest BCUT2D eigenvalue weighted by Gasteiger charge is -2.24. The zero-order valence-electron chi connectivity index (χ0n) is 11.5. The largest absolute Gasteiger partial charge is 0.443 e. The number of halogens is 1. The number of pyridine rings is 1. The monoisotopic (exact) mass is 327 g/mol. The Morgan fingerprint density at radius 2 is 2.16 bits per heavy atom. The summed E-state index contributed by atoms with van der Waals surface area (Å²) in [6, 6.07) is 3.47. The lowest BCUT2D eigenvalue weighted by Crippen LogP contribution is -2.34. The van der Waals surface area contributed by atoms with Crippen molar-refractivity contribution in [2.75, 3.05) is 11.9 Å². The van der Waals surface area contributed by atoms with Crippen molar-refractivity contribution in [2.45, 2.75) is 26.4 Å².